The summed E-state index contributed by atoms with van der Waals surface area (Å²) in [5.74, 6) is -0.725. The summed E-state index contributed by atoms with van der Waals surface area (Å²) in [5, 5.41) is 5.62. The molecule has 7 heteroatoms. The molecule has 2 N–H and O–H groups in total. The molecular weight excluding hydrogens is 408 g/mol. The van der Waals surface area contributed by atoms with E-state index in [9.17, 15) is 14.4 Å². The van der Waals surface area contributed by atoms with Crippen LogP contribution in [0.15, 0.2) is 30.3 Å². The maximum absolute atomic E-state index is 12.9. The van der Waals surface area contributed by atoms with Crippen molar-refractivity contribution in [2.75, 3.05) is 0 Å². The second-order valence-electron chi connectivity index (χ2n) is 9.54. The summed E-state index contributed by atoms with van der Waals surface area (Å²) in [4.78, 5) is 37.6. The van der Waals surface area contributed by atoms with Crippen molar-refractivity contribution in [3.05, 3.63) is 35.9 Å². The van der Waals surface area contributed by atoms with Crippen LogP contribution >= 0.6 is 0 Å². The van der Waals surface area contributed by atoms with Gasteiger partial charge in [0.15, 0.2) is 0 Å². The van der Waals surface area contributed by atoms with Crippen LogP contribution in [0.4, 0.5) is 4.79 Å². The molecule has 1 aliphatic carbocycles. The summed E-state index contributed by atoms with van der Waals surface area (Å²) in [7, 11) is 0. The summed E-state index contributed by atoms with van der Waals surface area (Å²) in [6.07, 6.45) is 3.67. The fourth-order valence-electron chi connectivity index (χ4n) is 4.14. The molecule has 7 nitrogen and oxygen atoms in total. The minimum absolute atomic E-state index is 0.00898. The van der Waals surface area contributed by atoms with Crippen LogP contribution in [0.2, 0.25) is 0 Å². The standard InChI is InChI=1S/C25H38N2O5/c1-6-21(27-22(28)17(2)26-24(30)32-25(3,4)5)19-14-10-11-15-20(19)23(29)31-16-18-12-8-7-9-13-18/h7-9,12-13,17,19-21H,6,10-11,14-16H2,1-5H3,(H,26,30)(H,27,28)/t17-,19-,20-,21+/m1/s1. The van der Waals surface area contributed by atoms with E-state index >= 15 is 0 Å². The summed E-state index contributed by atoms with van der Waals surface area (Å²) >= 11 is 0. The number of hydrogen-bond acceptors (Lipinski definition) is 5. The number of carbonyl (C=O) groups is 3. The maximum Gasteiger partial charge on any atom is 0.408 e. The molecule has 0 aromatic heterocycles. The molecule has 2 amide bonds. The smallest absolute Gasteiger partial charge is 0.408 e. The molecule has 4 atom stereocenters. The predicted molar refractivity (Wildman–Crippen MR) is 123 cm³/mol. The predicted octanol–water partition coefficient (Wildman–Crippen LogP) is 4.34. The van der Waals surface area contributed by atoms with Crippen LogP contribution in [-0.2, 0) is 25.7 Å². The first-order valence-corrected chi connectivity index (χ1v) is 11.6. The van der Waals surface area contributed by atoms with Crippen molar-refractivity contribution in [3.8, 4) is 0 Å². The van der Waals surface area contributed by atoms with Gasteiger partial charge in [-0.15, -0.1) is 0 Å². The van der Waals surface area contributed by atoms with E-state index in [4.69, 9.17) is 9.47 Å². The largest absolute Gasteiger partial charge is 0.461 e. The van der Waals surface area contributed by atoms with E-state index in [0.717, 1.165) is 31.2 Å². The van der Waals surface area contributed by atoms with Crippen molar-refractivity contribution >= 4 is 18.0 Å². The number of nitrogens with one attached hydrogen (secondary N) is 2. The first kappa shape index (κ1) is 25.7. The van der Waals surface area contributed by atoms with Crippen molar-refractivity contribution in [1.29, 1.82) is 0 Å². The summed E-state index contributed by atoms with van der Waals surface area (Å²) in [6, 6.07) is 8.71. The van der Waals surface area contributed by atoms with E-state index in [1.54, 1.807) is 27.7 Å². The number of carbonyl (C=O) groups excluding carboxylic acids is 3. The van der Waals surface area contributed by atoms with Crippen LogP contribution in [0.3, 0.4) is 0 Å². The molecule has 0 heterocycles. The zero-order chi connectivity index (χ0) is 23.7. The summed E-state index contributed by atoms with van der Waals surface area (Å²) in [5.41, 5.74) is 0.317. The molecule has 0 radical (unpaired) electrons. The number of benzene rings is 1. The lowest BCUT2D eigenvalue weighted by Crippen LogP contribution is -2.52. The fourth-order valence-corrected chi connectivity index (χ4v) is 4.14. The Morgan fingerprint density at radius 1 is 1.06 bits per heavy atom. The van der Waals surface area contributed by atoms with Crippen LogP contribution in [0.5, 0.6) is 0 Å². The van der Waals surface area contributed by atoms with Crippen molar-refractivity contribution < 1.29 is 23.9 Å². The van der Waals surface area contributed by atoms with Gasteiger partial charge in [0.2, 0.25) is 5.91 Å². The Hall–Kier alpha value is -2.57. The summed E-state index contributed by atoms with van der Waals surface area (Å²) < 4.78 is 10.8. The first-order chi connectivity index (χ1) is 15.1. The Morgan fingerprint density at radius 3 is 2.34 bits per heavy atom. The molecule has 2 rings (SSSR count). The molecule has 1 saturated carbocycles. The average molecular weight is 447 g/mol. The number of ether oxygens (including phenoxy) is 2. The molecule has 0 bridgehead atoms. The quantitative estimate of drug-likeness (QED) is 0.579. The molecule has 0 aliphatic heterocycles. The van der Waals surface area contributed by atoms with Crippen LogP contribution in [0.1, 0.15) is 72.3 Å². The monoisotopic (exact) mass is 446 g/mol. The van der Waals surface area contributed by atoms with Gasteiger partial charge in [0, 0.05) is 6.04 Å². The van der Waals surface area contributed by atoms with Gasteiger partial charge in [-0.2, -0.15) is 0 Å². The highest BCUT2D eigenvalue weighted by molar-refractivity contribution is 5.85. The number of amides is 2. The van der Waals surface area contributed by atoms with Crippen molar-refractivity contribution in [2.45, 2.75) is 91.0 Å². The highest BCUT2D eigenvalue weighted by Crippen LogP contribution is 2.34. The molecule has 1 aromatic carbocycles. The van der Waals surface area contributed by atoms with E-state index in [2.05, 4.69) is 10.6 Å². The van der Waals surface area contributed by atoms with E-state index in [-0.39, 0.29) is 36.4 Å². The highest BCUT2D eigenvalue weighted by Gasteiger charge is 2.37. The van der Waals surface area contributed by atoms with Gasteiger partial charge >= 0.3 is 12.1 Å². The zero-order valence-electron chi connectivity index (χ0n) is 20.0. The minimum Gasteiger partial charge on any atom is -0.461 e. The van der Waals surface area contributed by atoms with Crippen LogP contribution < -0.4 is 10.6 Å². The van der Waals surface area contributed by atoms with Gasteiger partial charge in [0.1, 0.15) is 18.2 Å². The molecule has 0 unspecified atom stereocenters. The third kappa shape index (κ3) is 8.17. The molecule has 0 saturated heterocycles. The van der Waals surface area contributed by atoms with Gasteiger partial charge < -0.3 is 20.1 Å². The van der Waals surface area contributed by atoms with E-state index in [1.807, 2.05) is 37.3 Å². The van der Waals surface area contributed by atoms with Gasteiger partial charge in [-0.05, 0) is 58.4 Å². The Bertz CT molecular complexity index is 759. The lowest BCUT2D eigenvalue weighted by molar-refractivity contribution is -0.154. The normalized spacial score (nSPS) is 20.5. The number of rotatable bonds is 8. The second-order valence-corrected chi connectivity index (χ2v) is 9.54. The fraction of sp³-hybridized carbons (Fsp3) is 0.640. The highest BCUT2D eigenvalue weighted by atomic mass is 16.6. The Labute approximate surface area is 191 Å². The SMILES string of the molecule is CC[C@H](NC(=O)[C@@H](C)NC(=O)OC(C)(C)C)[C@@H]1CCCC[C@H]1C(=O)OCc1ccccc1. The molecule has 0 spiro atoms. The number of hydrogen-bond donors (Lipinski definition) is 2. The lowest BCUT2D eigenvalue weighted by atomic mass is 9.74. The van der Waals surface area contributed by atoms with Crippen molar-refractivity contribution in [3.63, 3.8) is 0 Å². The van der Waals surface area contributed by atoms with Crippen LogP contribution in [0, 0.1) is 11.8 Å². The van der Waals surface area contributed by atoms with E-state index in [0.29, 0.717) is 6.42 Å². The molecule has 1 aliphatic rings. The average Bonchev–Trinajstić information content (AvgIpc) is 2.75. The molecular formula is C25H38N2O5. The first-order valence-electron chi connectivity index (χ1n) is 11.6. The molecule has 1 fully saturated rings. The molecule has 32 heavy (non-hydrogen) atoms. The third-order valence-electron chi connectivity index (χ3n) is 5.76. The Kier molecular flexibility index (Phi) is 9.54. The molecule has 1 aromatic rings. The Morgan fingerprint density at radius 2 is 1.72 bits per heavy atom. The molecule has 178 valence electrons. The van der Waals surface area contributed by atoms with Gasteiger partial charge in [0.25, 0.3) is 0 Å². The number of alkyl carbamates (subject to hydrolysis) is 1. The van der Waals surface area contributed by atoms with Crippen LogP contribution in [0.25, 0.3) is 0 Å². The minimum atomic E-state index is -0.744. The maximum atomic E-state index is 12.9. The summed E-state index contributed by atoms with van der Waals surface area (Å²) in [6.45, 7) is 9.18. The van der Waals surface area contributed by atoms with Gasteiger partial charge in [-0.1, -0.05) is 50.1 Å². The zero-order valence-corrected chi connectivity index (χ0v) is 20.0. The van der Waals surface area contributed by atoms with Gasteiger partial charge in [-0.25, -0.2) is 4.79 Å². The topological polar surface area (TPSA) is 93.7 Å². The van der Waals surface area contributed by atoms with Crippen molar-refractivity contribution in [1.82, 2.24) is 10.6 Å². The van der Waals surface area contributed by atoms with E-state index in [1.165, 1.54) is 0 Å². The number of esters is 1. The van der Waals surface area contributed by atoms with Gasteiger partial charge in [0.05, 0.1) is 5.92 Å². The van der Waals surface area contributed by atoms with Crippen molar-refractivity contribution in [2.24, 2.45) is 11.8 Å². The van der Waals surface area contributed by atoms with Crippen LogP contribution in [-0.4, -0.2) is 35.7 Å². The van der Waals surface area contributed by atoms with E-state index < -0.39 is 17.7 Å². The second kappa shape index (κ2) is 11.9. The third-order valence-corrected chi connectivity index (χ3v) is 5.76. The van der Waals surface area contributed by atoms with Gasteiger partial charge in [-0.3, -0.25) is 9.59 Å². The Balaban J connectivity index is 1.96. The lowest BCUT2D eigenvalue weighted by Gasteiger charge is -2.36.